The first-order valence-corrected chi connectivity index (χ1v) is 11.0. The molecular weight excluding hydrogens is 454 g/mol. The van der Waals surface area contributed by atoms with Gasteiger partial charge in [-0.2, -0.15) is 0 Å². The van der Waals surface area contributed by atoms with Gasteiger partial charge in [-0.3, -0.25) is 0 Å². The number of carboxylic acid groups (broad SMARTS) is 1. The van der Waals surface area contributed by atoms with Crippen molar-refractivity contribution in [3.63, 3.8) is 0 Å². The summed E-state index contributed by atoms with van der Waals surface area (Å²) < 4.78 is 45.6. The van der Waals surface area contributed by atoms with Crippen molar-refractivity contribution in [2.45, 2.75) is 10.6 Å². The molecule has 0 heterocycles. The summed E-state index contributed by atoms with van der Waals surface area (Å²) in [6.07, 6.45) is 0. The second kappa shape index (κ2) is 9.04. The standard InChI is InChI=1S/C21H15Cl2FO5S/c22-16-9-17(23)21(29-11-20(25)26)19(10-16)30(27,28)12-15-8-14(6-7-18(15)24)13-4-2-1-3-5-13/h1-10H,11-12H2,(H,25,26). The summed E-state index contributed by atoms with van der Waals surface area (Å²) in [6, 6.07) is 15.6. The Morgan fingerprint density at radius 2 is 1.70 bits per heavy atom. The number of ether oxygens (including phenoxy) is 1. The maximum absolute atomic E-state index is 14.4. The van der Waals surface area contributed by atoms with Crippen molar-refractivity contribution in [3.8, 4) is 16.9 Å². The number of carboxylic acids is 1. The van der Waals surface area contributed by atoms with Gasteiger partial charge in [0, 0.05) is 10.6 Å². The normalized spacial score (nSPS) is 11.3. The number of hydrogen-bond donors (Lipinski definition) is 1. The molecule has 0 amide bonds. The van der Waals surface area contributed by atoms with Crippen molar-refractivity contribution in [1.82, 2.24) is 0 Å². The lowest BCUT2D eigenvalue weighted by atomic mass is 10.0. The van der Waals surface area contributed by atoms with Crippen molar-refractivity contribution >= 4 is 39.0 Å². The lowest BCUT2D eigenvalue weighted by molar-refractivity contribution is -0.139. The van der Waals surface area contributed by atoms with Gasteiger partial charge in [-0.1, -0.05) is 59.6 Å². The van der Waals surface area contributed by atoms with Crippen molar-refractivity contribution in [2.75, 3.05) is 6.61 Å². The third-order valence-corrected chi connectivity index (χ3v) is 6.31. The number of aliphatic carboxylic acids is 1. The van der Waals surface area contributed by atoms with Crippen LogP contribution >= 0.6 is 23.2 Å². The first kappa shape index (κ1) is 22.1. The van der Waals surface area contributed by atoms with Gasteiger partial charge in [-0.15, -0.1) is 0 Å². The van der Waals surface area contributed by atoms with Gasteiger partial charge in [-0.05, 0) is 35.4 Å². The van der Waals surface area contributed by atoms with Crippen LogP contribution in [0.4, 0.5) is 4.39 Å². The first-order valence-electron chi connectivity index (χ1n) is 8.57. The molecule has 0 saturated heterocycles. The zero-order valence-corrected chi connectivity index (χ0v) is 17.6. The van der Waals surface area contributed by atoms with E-state index in [4.69, 9.17) is 33.0 Å². The largest absolute Gasteiger partial charge is 0.479 e. The number of halogens is 3. The van der Waals surface area contributed by atoms with Gasteiger partial charge >= 0.3 is 5.97 Å². The minimum Gasteiger partial charge on any atom is -0.479 e. The smallest absolute Gasteiger partial charge is 0.341 e. The highest BCUT2D eigenvalue weighted by atomic mass is 35.5. The van der Waals surface area contributed by atoms with Crippen LogP contribution in [0.25, 0.3) is 11.1 Å². The second-order valence-corrected chi connectivity index (χ2v) is 9.13. The average Bonchev–Trinajstić information content (AvgIpc) is 2.69. The van der Waals surface area contributed by atoms with E-state index < -0.39 is 38.9 Å². The highest BCUT2D eigenvalue weighted by Gasteiger charge is 2.25. The lowest BCUT2D eigenvalue weighted by Crippen LogP contribution is -2.14. The minimum absolute atomic E-state index is 0.0137. The number of benzene rings is 3. The van der Waals surface area contributed by atoms with Crippen LogP contribution in [0.5, 0.6) is 5.75 Å². The fourth-order valence-corrected chi connectivity index (χ4v) is 5.03. The molecule has 0 aliphatic carbocycles. The summed E-state index contributed by atoms with van der Waals surface area (Å²) in [5.74, 6) is -3.05. The predicted octanol–water partition coefficient (Wildman–Crippen LogP) is 5.24. The molecule has 0 unspecified atom stereocenters. The molecule has 3 aromatic carbocycles. The highest BCUT2D eigenvalue weighted by molar-refractivity contribution is 7.90. The van der Waals surface area contributed by atoms with Gasteiger partial charge < -0.3 is 9.84 Å². The summed E-state index contributed by atoms with van der Waals surface area (Å²) in [4.78, 5) is 10.4. The molecule has 156 valence electrons. The molecule has 0 atom stereocenters. The van der Waals surface area contributed by atoms with Crippen LogP contribution in [0.2, 0.25) is 10.0 Å². The topological polar surface area (TPSA) is 80.7 Å². The van der Waals surface area contributed by atoms with Gasteiger partial charge in [0.15, 0.2) is 22.2 Å². The zero-order chi connectivity index (χ0) is 21.9. The molecule has 0 spiro atoms. The Labute approximate surface area is 182 Å². The van der Waals surface area contributed by atoms with Crippen molar-refractivity contribution in [3.05, 3.63) is 82.1 Å². The zero-order valence-electron chi connectivity index (χ0n) is 15.3. The van der Waals surface area contributed by atoms with Crippen molar-refractivity contribution in [2.24, 2.45) is 0 Å². The van der Waals surface area contributed by atoms with Crippen molar-refractivity contribution < 1.29 is 27.4 Å². The molecule has 3 aromatic rings. The highest BCUT2D eigenvalue weighted by Crippen LogP contribution is 2.37. The Bertz CT molecular complexity index is 1200. The fraction of sp³-hybridized carbons (Fsp3) is 0.0952. The van der Waals surface area contributed by atoms with Crippen LogP contribution in [0.1, 0.15) is 5.56 Å². The van der Waals surface area contributed by atoms with Crippen LogP contribution in [0.3, 0.4) is 0 Å². The van der Waals surface area contributed by atoms with Crippen LogP contribution in [-0.2, 0) is 20.4 Å². The van der Waals surface area contributed by atoms with E-state index in [2.05, 4.69) is 0 Å². The maximum atomic E-state index is 14.4. The molecule has 0 aliphatic heterocycles. The summed E-state index contributed by atoms with van der Waals surface area (Å²) in [6.45, 7) is -0.804. The molecule has 30 heavy (non-hydrogen) atoms. The lowest BCUT2D eigenvalue weighted by Gasteiger charge is -2.14. The van der Waals surface area contributed by atoms with Crippen LogP contribution in [-0.4, -0.2) is 26.1 Å². The number of sulfone groups is 1. The summed E-state index contributed by atoms with van der Waals surface area (Å²) in [5.41, 5.74) is 1.39. The van der Waals surface area contributed by atoms with E-state index in [1.165, 1.54) is 18.2 Å². The summed E-state index contributed by atoms with van der Waals surface area (Å²) in [5, 5.41) is 8.68. The van der Waals surface area contributed by atoms with E-state index in [1.54, 1.807) is 6.07 Å². The van der Waals surface area contributed by atoms with E-state index in [0.29, 0.717) is 5.56 Å². The maximum Gasteiger partial charge on any atom is 0.341 e. The van der Waals surface area contributed by atoms with E-state index in [-0.39, 0.29) is 21.4 Å². The van der Waals surface area contributed by atoms with Gasteiger partial charge in [0.2, 0.25) is 0 Å². The second-order valence-electron chi connectivity index (χ2n) is 6.33. The Hall–Kier alpha value is -2.61. The van der Waals surface area contributed by atoms with Gasteiger partial charge in [0.25, 0.3) is 0 Å². The quantitative estimate of drug-likeness (QED) is 0.512. The predicted molar refractivity (Wildman–Crippen MR) is 112 cm³/mol. The molecule has 0 saturated carbocycles. The van der Waals surface area contributed by atoms with E-state index in [0.717, 1.165) is 11.6 Å². The molecule has 1 N–H and O–H groups in total. The monoisotopic (exact) mass is 468 g/mol. The van der Waals surface area contributed by atoms with Crippen LogP contribution < -0.4 is 4.74 Å². The average molecular weight is 469 g/mol. The molecule has 0 radical (unpaired) electrons. The molecule has 3 rings (SSSR count). The Kier molecular flexibility index (Phi) is 6.65. The third-order valence-electron chi connectivity index (χ3n) is 4.15. The van der Waals surface area contributed by atoms with Crippen LogP contribution in [0.15, 0.2) is 65.6 Å². The Balaban J connectivity index is 2.02. The third kappa shape index (κ3) is 5.11. The number of hydrogen-bond acceptors (Lipinski definition) is 4. The molecule has 0 bridgehead atoms. The first-order chi connectivity index (χ1) is 14.2. The molecule has 5 nitrogen and oxygen atoms in total. The van der Waals surface area contributed by atoms with E-state index >= 15 is 0 Å². The minimum atomic E-state index is -4.19. The van der Waals surface area contributed by atoms with E-state index in [1.807, 2.05) is 30.3 Å². The fourth-order valence-electron chi connectivity index (χ4n) is 2.82. The molecular formula is C21H15Cl2FO5S. The Morgan fingerprint density at radius 3 is 2.37 bits per heavy atom. The molecule has 0 aromatic heterocycles. The summed E-state index contributed by atoms with van der Waals surface area (Å²) in [7, 11) is -4.19. The van der Waals surface area contributed by atoms with E-state index in [9.17, 15) is 17.6 Å². The van der Waals surface area contributed by atoms with Crippen LogP contribution in [0, 0.1) is 5.82 Å². The van der Waals surface area contributed by atoms with Gasteiger partial charge in [0.05, 0.1) is 10.8 Å². The molecule has 0 fully saturated rings. The SMILES string of the molecule is O=C(O)COc1c(Cl)cc(Cl)cc1S(=O)(=O)Cc1cc(-c2ccccc2)ccc1F. The number of rotatable bonds is 7. The van der Waals surface area contributed by atoms with Crippen molar-refractivity contribution in [1.29, 1.82) is 0 Å². The van der Waals surface area contributed by atoms with Gasteiger partial charge in [0.1, 0.15) is 10.7 Å². The number of carbonyl (C=O) groups is 1. The molecule has 9 heteroatoms. The van der Waals surface area contributed by atoms with Gasteiger partial charge in [-0.25, -0.2) is 17.6 Å². The molecule has 0 aliphatic rings. The summed E-state index contributed by atoms with van der Waals surface area (Å²) >= 11 is 12.0. The Morgan fingerprint density at radius 1 is 1.00 bits per heavy atom.